The molecular weight excluding hydrogens is 294 g/mol. The molecule has 0 bridgehead atoms. The summed E-state index contributed by atoms with van der Waals surface area (Å²) in [5, 5.41) is 8.82. The lowest BCUT2D eigenvalue weighted by Crippen LogP contribution is -2.45. The number of benzene rings is 1. The lowest BCUT2D eigenvalue weighted by molar-refractivity contribution is -0.142. The van der Waals surface area contributed by atoms with E-state index in [9.17, 15) is 9.59 Å². The molecule has 5 nitrogen and oxygen atoms in total. The van der Waals surface area contributed by atoms with Crippen LogP contribution in [0.5, 0.6) is 0 Å². The topological polar surface area (TPSA) is 66.8 Å². The smallest absolute Gasteiger partial charge is 0.303 e. The summed E-state index contributed by atoms with van der Waals surface area (Å²) in [5.74, 6) is -0.824. The number of likely N-dealkylation sites (tertiary alicyclic amines) is 1. The Bertz CT molecular complexity index is 503. The summed E-state index contributed by atoms with van der Waals surface area (Å²) in [6, 6.07) is 10.1. The fourth-order valence-corrected chi connectivity index (χ4v) is 3.00. The number of carboxylic acids is 1. The number of nitrogens with zero attached hydrogens (tertiary/aromatic N) is 1. The summed E-state index contributed by atoms with van der Waals surface area (Å²) >= 11 is 0. The lowest BCUT2D eigenvalue weighted by Gasteiger charge is -2.35. The fraction of sp³-hybridized carbons (Fsp3) is 0.556. The minimum atomic E-state index is -0.804. The van der Waals surface area contributed by atoms with Crippen LogP contribution in [0.2, 0.25) is 0 Å². The molecule has 0 spiro atoms. The number of piperidine rings is 1. The van der Waals surface area contributed by atoms with Gasteiger partial charge in [-0.25, -0.2) is 0 Å². The summed E-state index contributed by atoms with van der Waals surface area (Å²) < 4.78 is 5.52. The van der Waals surface area contributed by atoms with Crippen LogP contribution in [0.1, 0.15) is 37.7 Å². The van der Waals surface area contributed by atoms with E-state index in [2.05, 4.69) is 0 Å². The van der Waals surface area contributed by atoms with E-state index in [0.717, 1.165) is 25.7 Å². The monoisotopic (exact) mass is 319 g/mol. The average molecular weight is 319 g/mol. The SMILES string of the molecule is O=C(O)CCC1CCCCN1C(=O)COCCc1ccccc1. The number of carbonyl (C=O) groups is 2. The number of hydrogen-bond donors (Lipinski definition) is 1. The first-order chi connectivity index (χ1) is 11.2. The molecule has 1 unspecified atom stereocenters. The first-order valence-corrected chi connectivity index (χ1v) is 8.30. The molecule has 1 aromatic carbocycles. The normalized spacial score (nSPS) is 17.9. The number of ether oxygens (including phenoxy) is 1. The van der Waals surface area contributed by atoms with E-state index < -0.39 is 5.97 Å². The van der Waals surface area contributed by atoms with E-state index in [1.165, 1.54) is 5.56 Å². The molecule has 1 N–H and O–H groups in total. The summed E-state index contributed by atoms with van der Waals surface area (Å²) in [5.41, 5.74) is 1.19. The molecule has 1 aliphatic heterocycles. The summed E-state index contributed by atoms with van der Waals surface area (Å²) in [6.07, 6.45) is 4.37. The van der Waals surface area contributed by atoms with Crippen LogP contribution < -0.4 is 0 Å². The van der Waals surface area contributed by atoms with Crippen molar-refractivity contribution in [1.29, 1.82) is 0 Å². The van der Waals surface area contributed by atoms with Crippen molar-refractivity contribution in [3.63, 3.8) is 0 Å². The van der Waals surface area contributed by atoms with E-state index in [-0.39, 0.29) is 25.0 Å². The van der Waals surface area contributed by atoms with Crippen LogP contribution in [0, 0.1) is 0 Å². The van der Waals surface area contributed by atoms with Crippen molar-refractivity contribution in [2.75, 3.05) is 19.8 Å². The molecule has 0 aromatic heterocycles. The molecule has 1 heterocycles. The molecule has 23 heavy (non-hydrogen) atoms. The Morgan fingerprint density at radius 1 is 1.22 bits per heavy atom. The second kappa shape index (κ2) is 9.30. The number of rotatable bonds is 8. The predicted molar refractivity (Wildman–Crippen MR) is 87.2 cm³/mol. The Morgan fingerprint density at radius 3 is 2.74 bits per heavy atom. The van der Waals surface area contributed by atoms with Crippen molar-refractivity contribution >= 4 is 11.9 Å². The molecule has 1 atom stereocenters. The molecule has 1 fully saturated rings. The second-order valence-corrected chi connectivity index (χ2v) is 5.96. The highest BCUT2D eigenvalue weighted by molar-refractivity contribution is 5.78. The van der Waals surface area contributed by atoms with Gasteiger partial charge in [-0.2, -0.15) is 0 Å². The molecule has 126 valence electrons. The van der Waals surface area contributed by atoms with Crippen LogP contribution in [0.15, 0.2) is 30.3 Å². The zero-order valence-electron chi connectivity index (χ0n) is 13.4. The zero-order valence-corrected chi connectivity index (χ0v) is 13.4. The van der Waals surface area contributed by atoms with Gasteiger partial charge in [0.25, 0.3) is 0 Å². The summed E-state index contributed by atoms with van der Waals surface area (Å²) in [6.45, 7) is 1.31. The molecular formula is C18H25NO4. The van der Waals surface area contributed by atoms with Crippen LogP contribution in [-0.4, -0.2) is 47.7 Å². The molecule has 1 amide bonds. The van der Waals surface area contributed by atoms with Gasteiger partial charge in [0.05, 0.1) is 6.61 Å². The maximum atomic E-state index is 12.3. The van der Waals surface area contributed by atoms with Crippen molar-refractivity contribution in [3.8, 4) is 0 Å². The standard InChI is InChI=1S/C18H25NO4/c20-17(14-23-13-11-15-6-2-1-3-7-15)19-12-5-4-8-16(19)9-10-18(21)22/h1-3,6-7,16H,4-5,8-14H2,(H,21,22). The molecule has 1 aliphatic rings. The van der Waals surface area contributed by atoms with E-state index in [0.29, 0.717) is 19.6 Å². The molecule has 0 saturated carbocycles. The summed E-state index contributed by atoms with van der Waals surface area (Å²) in [7, 11) is 0. The minimum Gasteiger partial charge on any atom is -0.481 e. The average Bonchev–Trinajstić information content (AvgIpc) is 2.58. The Labute approximate surface area is 137 Å². The Balaban J connectivity index is 1.73. The largest absolute Gasteiger partial charge is 0.481 e. The van der Waals surface area contributed by atoms with Crippen LogP contribution in [0.4, 0.5) is 0 Å². The van der Waals surface area contributed by atoms with Gasteiger partial charge in [0.1, 0.15) is 6.61 Å². The van der Waals surface area contributed by atoms with Gasteiger partial charge >= 0.3 is 5.97 Å². The van der Waals surface area contributed by atoms with Gasteiger partial charge < -0.3 is 14.7 Å². The third-order valence-electron chi connectivity index (χ3n) is 4.24. The molecule has 1 aromatic rings. The second-order valence-electron chi connectivity index (χ2n) is 5.96. The maximum Gasteiger partial charge on any atom is 0.303 e. The number of hydrogen-bond acceptors (Lipinski definition) is 3. The van der Waals surface area contributed by atoms with Gasteiger partial charge in [-0.3, -0.25) is 9.59 Å². The van der Waals surface area contributed by atoms with Crippen molar-refractivity contribution in [2.24, 2.45) is 0 Å². The van der Waals surface area contributed by atoms with Gasteiger partial charge in [0.2, 0.25) is 5.91 Å². The van der Waals surface area contributed by atoms with Crippen molar-refractivity contribution in [2.45, 2.75) is 44.6 Å². The predicted octanol–water partition coefficient (Wildman–Crippen LogP) is 2.49. The highest BCUT2D eigenvalue weighted by Crippen LogP contribution is 2.21. The van der Waals surface area contributed by atoms with Crippen LogP contribution >= 0.6 is 0 Å². The van der Waals surface area contributed by atoms with Crippen molar-refractivity contribution in [3.05, 3.63) is 35.9 Å². The van der Waals surface area contributed by atoms with Crippen LogP contribution in [0.25, 0.3) is 0 Å². The zero-order chi connectivity index (χ0) is 16.5. The lowest BCUT2D eigenvalue weighted by atomic mass is 9.98. The minimum absolute atomic E-state index is 0.0202. The van der Waals surface area contributed by atoms with E-state index >= 15 is 0 Å². The van der Waals surface area contributed by atoms with Crippen LogP contribution in [-0.2, 0) is 20.7 Å². The highest BCUT2D eigenvalue weighted by atomic mass is 16.5. The molecule has 2 rings (SSSR count). The van der Waals surface area contributed by atoms with Gasteiger partial charge in [-0.05, 0) is 37.7 Å². The van der Waals surface area contributed by atoms with E-state index in [1.807, 2.05) is 35.2 Å². The number of carboxylic acid groups (broad SMARTS) is 1. The quantitative estimate of drug-likeness (QED) is 0.748. The van der Waals surface area contributed by atoms with Crippen molar-refractivity contribution in [1.82, 2.24) is 4.90 Å². The maximum absolute atomic E-state index is 12.3. The third-order valence-corrected chi connectivity index (χ3v) is 4.24. The first kappa shape index (κ1) is 17.5. The van der Waals surface area contributed by atoms with Gasteiger partial charge in [-0.15, -0.1) is 0 Å². The van der Waals surface area contributed by atoms with Crippen molar-refractivity contribution < 1.29 is 19.4 Å². The Kier molecular flexibility index (Phi) is 7.07. The third kappa shape index (κ3) is 6.02. The highest BCUT2D eigenvalue weighted by Gasteiger charge is 2.26. The number of amides is 1. The van der Waals surface area contributed by atoms with Crippen LogP contribution in [0.3, 0.4) is 0 Å². The Hall–Kier alpha value is -1.88. The van der Waals surface area contributed by atoms with E-state index in [4.69, 9.17) is 9.84 Å². The molecule has 0 aliphatic carbocycles. The Morgan fingerprint density at radius 2 is 2.00 bits per heavy atom. The van der Waals surface area contributed by atoms with Gasteiger partial charge in [-0.1, -0.05) is 30.3 Å². The van der Waals surface area contributed by atoms with E-state index in [1.54, 1.807) is 0 Å². The fourth-order valence-electron chi connectivity index (χ4n) is 3.00. The number of carbonyl (C=O) groups excluding carboxylic acids is 1. The van der Waals surface area contributed by atoms with Gasteiger partial charge in [0, 0.05) is 19.0 Å². The molecule has 0 radical (unpaired) electrons. The van der Waals surface area contributed by atoms with Gasteiger partial charge in [0.15, 0.2) is 0 Å². The summed E-state index contributed by atoms with van der Waals surface area (Å²) in [4.78, 5) is 24.9. The number of aliphatic carboxylic acids is 1. The first-order valence-electron chi connectivity index (χ1n) is 8.30. The molecule has 1 saturated heterocycles. The molecule has 5 heteroatoms.